The van der Waals surface area contributed by atoms with Gasteiger partial charge in [0.1, 0.15) is 6.04 Å². The Labute approximate surface area is 424 Å². The summed E-state index contributed by atoms with van der Waals surface area (Å²) in [6.07, 6.45) is 7.82. The number of hydrazine groups is 1. The lowest BCUT2D eigenvalue weighted by Gasteiger charge is -2.52. The molecule has 0 aliphatic carbocycles. The normalized spacial score (nSPS) is 23.6. The molecule has 3 aromatic rings. The number of rotatable bonds is 10. The number of aryl methyl sites for hydroxylation is 1. The summed E-state index contributed by atoms with van der Waals surface area (Å²) in [4.78, 5) is 86.9. The van der Waals surface area contributed by atoms with Crippen LogP contribution in [0.25, 0.3) is 27.7 Å². The van der Waals surface area contributed by atoms with Gasteiger partial charge in [0.2, 0.25) is 17.7 Å². The van der Waals surface area contributed by atoms with Crippen molar-refractivity contribution < 1.29 is 33.4 Å². The number of ether oxygens (including phenoxy) is 2. The molecule has 3 saturated heterocycles. The molecule has 6 bridgehead atoms. The topological polar surface area (TPSA) is 165 Å². The average Bonchev–Trinajstić information content (AvgIpc) is 3.73. The summed E-state index contributed by atoms with van der Waals surface area (Å²) in [6, 6.07) is 9.79. The maximum Gasteiger partial charge on any atom is 0.320 e. The van der Waals surface area contributed by atoms with Crippen LogP contribution in [0, 0.1) is 11.3 Å². The van der Waals surface area contributed by atoms with Crippen molar-refractivity contribution in [3.63, 3.8) is 0 Å². The molecule has 17 nitrogen and oxygen atoms in total. The zero-order valence-corrected chi connectivity index (χ0v) is 45.0. The van der Waals surface area contributed by atoms with Crippen LogP contribution in [0.5, 0.6) is 0 Å². The molecule has 5 aliphatic heterocycles. The number of likely N-dealkylation sites (tertiary alicyclic amines) is 1. The highest BCUT2D eigenvalue weighted by molar-refractivity contribution is 6.46. The number of hydrogen-bond donors (Lipinski definition) is 2. The number of benzene rings is 1. The van der Waals surface area contributed by atoms with E-state index in [4.69, 9.17) is 14.5 Å². The summed E-state index contributed by atoms with van der Waals surface area (Å²) in [5, 5.41) is 6.13. The van der Waals surface area contributed by atoms with E-state index in [2.05, 4.69) is 82.1 Å². The molecule has 0 saturated carbocycles. The van der Waals surface area contributed by atoms with E-state index in [0.29, 0.717) is 65.2 Å². The molecule has 71 heavy (non-hydrogen) atoms. The minimum Gasteiger partial charge on any atom is -0.465 e. The molecular formula is C52H72N10O7Si2. The predicted molar refractivity (Wildman–Crippen MR) is 276 cm³/mol. The Balaban J connectivity index is 1.07. The fraction of sp³-hybridized carbons (Fsp3) is 0.577. The molecule has 5 atom stereocenters. The number of cyclic esters (lactones) is 1. The third-order valence-corrected chi connectivity index (χ3v) is 17.5. The lowest BCUT2D eigenvalue weighted by Crippen LogP contribution is -2.72. The van der Waals surface area contributed by atoms with Gasteiger partial charge in [0.25, 0.3) is 0 Å². The van der Waals surface area contributed by atoms with E-state index in [9.17, 15) is 24.0 Å². The first-order chi connectivity index (χ1) is 33.9. The van der Waals surface area contributed by atoms with E-state index in [1.165, 1.54) is 22.1 Å². The number of methoxy groups -OCH3 is 1. The predicted octanol–water partition coefficient (Wildman–Crippen LogP) is 4.75. The molecule has 2 N–H and O–H groups in total. The molecule has 1 unspecified atom stereocenters. The van der Waals surface area contributed by atoms with Gasteiger partial charge in [0.15, 0.2) is 19.4 Å². The minimum absolute atomic E-state index is 0.0677. The highest BCUT2D eigenvalue weighted by atomic mass is 28.2. The Morgan fingerprint density at radius 2 is 1.89 bits per heavy atom. The number of pyridine rings is 1. The quantitative estimate of drug-likeness (QED) is 0.164. The van der Waals surface area contributed by atoms with Crippen LogP contribution < -0.4 is 10.1 Å². The molecule has 3 fully saturated rings. The summed E-state index contributed by atoms with van der Waals surface area (Å²) in [5.74, 6) is -1.10. The Kier molecular flexibility index (Phi) is 15.8. The van der Waals surface area contributed by atoms with Crippen LogP contribution in [0.15, 0.2) is 55.3 Å². The van der Waals surface area contributed by atoms with Crippen molar-refractivity contribution in [2.75, 3.05) is 80.3 Å². The van der Waals surface area contributed by atoms with Crippen LogP contribution in [0.1, 0.15) is 83.7 Å². The largest absolute Gasteiger partial charge is 0.465 e. The van der Waals surface area contributed by atoms with Crippen molar-refractivity contribution in [2.24, 2.45) is 11.3 Å². The van der Waals surface area contributed by atoms with Crippen LogP contribution in [0.4, 0.5) is 4.79 Å². The fourth-order valence-corrected chi connectivity index (χ4v) is 13.3. The number of aromatic nitrogens is 2. The fourth-order valence-electron chi connectivity index (χ4n) is 11.1. The van der Waals surface area contributed by atoms with Crippen molar-refractivity contribution in [3.8, 4) is 11.3 Å². The van der Waals surface area contributed by atoms with Gasteiger partial charge >= 0.3 is 12.0 Å². The lowest BCUT2D eigenvalue weighted by molar-refractivity contribution is -0.146. The number of amides is 5. The Morgan fingerprint density at radius 3 is 2.61 bits per heavy atom. The zero-order chi connectivity index (χ0) is 50.9. The van der Waals surface area contributed by atoms with Crippen LogP contribution in [-0.2, 0) is 41.6 Å². The van der Waals surface area contributed by atoms with Crippen molar-refractivity contribution in [1.82, 2.24) is 49.1 Å². The van der Waals surface area contributed by atoms with Gasteiger partial charge in [-0.1, -0.05) is 46.4 Å². The average molecular weight is 1010 g/mol. The van der Waals surface area contributed by atoms with Gasteiger partial charge in [0, 0.05) is 94.6 Å². The molecule has 5 amide bonds. The van der Waals surface area contributed by atoms with Crippen LogP contribution >= 0.6 is 0 Å². The van der Waals surface area contributed by atoms with Crippen molar-refractivity contribution >= 4 is 65.6 Å². The molecule has 1 spiro atoms. The van der Waals surface area contributed by atoms with Gasteiger partial charge in [-0.25, -0.2) is 4.79 Å². The van der Waals surface area contributed by atoms with Crippen LogP contribution in [0.3, 0.4) is 0 Å². The van der Waals surface area contributed by atoms with Crippen molar-refractivity contribution in [1.29, 1.82) is 0 Å². The van der Waals surface area contributed by atoms with Crippen LogP contribution in [-0.4, -0.2) is 180 Å². The van der Waals surface area contributed by atoms with E-state index in [1.807, 2.05) is 40.1 Å². The standard InChI is InChI=1S/C52H72N10O7Si2/c1-11-43(63)60-30-52(56(8)32-60)28-59(29-52)50(67)57(9)45(33(3)4)47(64)54-70-42-27-58-22-14-16-36(26-58)35-19-20-40-38(24-35)39(46(61(40)12-2)37-17-13-21-53-44(37)34(5)68-10)25-51(6,7)31-69-49(66)41-18-15-23-62(48(42)65)55-71-41/h11,13,16-17,19-21,24,33-34,41-42,45,55H,1,12,14-15,18,22-23,25-32H2,2-10H3,(H,54,64)/t34-,41-,42-,45-/m0/s1. The Bertz CT molecular complexity index is 2560. The smallest absolute Gasteiger partial charge is 0.320 e. The first-order valence-corrected chi connectivity index (χ1v) is 27.3. The maximum atomic E-state index is 14.8. The highest BCUT2D eigenvalue weighted by Gasteiger charge is 2.54. The zero-order valence-electron chi connectivity index (χ0n) is 43.0. The summed E-state index contributed by atoms with van der Waals surface area (Å²) in [6.45, 7) is 20.9. The number of carbonyl (C=O) groups is 5. The third-order valence-electron chi connectivity index (χ3n) is 15.1. The monoisotopic (exact) mass is 1000 g/mol. The number of carbonyl (C=O) groups excluding carboxylic acids is 5. The number of esters is 1. The number of fused-ring (bicyclic) bond motifs is 7. The Morgan fingerprint density at radius 1 is 1.13 bits per heavy atom. The van der Waals surface area contributed by atoms with Crippen molar-refractivity contribution in [3.05, 3.63) is 72.1 Å². The van der Waals surface area contributed by atoms with E-state index >= 15 is 0 Å². The van der Waals surface area contributed by atoms with Crippen LogP contribution in [0.2, 0.25) is 11.1 Å². The molecule has 380 valence electrons. The SMILES string of the molecule is C=CC(=O)N1CN(C)C2(C1)CN(C(=O)N(C)[C@H](C(=O)N[Si][C@H]1CN3CCC=C(C3)c3ccc4c(c3)c(c(-c3cccnc3[C@H](C)OC)n4CC)CC(C)(C)COC(=O)[C@@H]3CCCN(N[Si]3)C1=O)C(C)C)C2. The first kappa shape index (κ1) is 52.1. The second kappa shape index (κ2) is 21.5. The molecule has 1 aromatic carbocycles. The molecule has 2 aromatic heterocycles. The molecule has 7 heterocycles. The van der Waals surface area contributed by atoms with Gasteiger partial charge in [-0.2, -0.15) is 0 Å². The summed E-state index contributed by atoms with van der Waals surface area (Å²) in [5.41, 5.74) is 5.71. The summed E-state index contributed by atoms with van der Waals surface area (Å²) in [7, 11) is 4.98. The van der Waals surface area contributed by atoms with Gasteiger partial charge in [-0.15, -0.1) is 0 Å². The summed E-state index contributed by atoms with van der Waals surface area (Å²) < 4.78 is 14.4. The molecule has 8 rings (SSSR count). The van der Waals surface area contributed by atoms with Gasteiger partial charge in [-0.3, -0.25) is 44.1 Å². The van der Waals surface area contributed by atoms with E-state index < -0.39 is 22.5 Å². The number of nitrogens with zero attached hydrogens (tertiary/aromatic N) is 8. The Hall–Kier alpha value is -5.19. The van der Waals surface area contributed by atoms with E-state index in [1.54, 1.807) is 29.0 Å². The second-order valence-electron chi connectivity index (χ2n) is 21.2. The molecule has 5 aliphatic rings. The maximum absolute atomic E-state index is 14.8. The highest BCUT2D eigenvalue weighted by Crippen LogP contribution is 2.42. The van der Waals surface area contributed by atoms with E-state index in [0.717, 1.165) is 52.9 Å². The summed E-state index contributed by atoms with van der Waals surface area (Å²) >= 11 is 0. The molecular weight excluding hydrogens is 933 g/mol. The number of nitrogens with one attached hydrogen (secondary N) is 2. The lowest BCUT2D eigenvalue weighted by atomic mass is 9.84. The number of hydrogen-bond acceptors (Lipinski definition) is 11. The second-order valence-corrected chi connectivity index (χ2v) is 23.6. The van der Waals surface area contributed by atoms with Crippen molar-refractivity contribution in [2.45, 2.75) is 103 Å². The number of urea groups is 1. The van der Waals surface area contributed by atoms with Gasteiger partial charge in [-0.05, 0) is 99.5 Å². The minimum atomic E-state index is -0.792. The molecule has 19 heteroatoms. The molecule has 4 radical (unpaired) electrons. The first-order valence-electron chi connectivity index (χ1n) is 25.1. The van der Waals surface area contributed by atoms with Gasteiger partial charge < -0.3 is 33.7 Å². The number of likely N-dealkylation sites (N-methyl/N-ethyl adjacent to an activating group) is 2. The van der Waals surface area contributed by atoms with Gasteiger partial charge in [0.05, 0.1) is 47.4 Å². The van der Waals surface area contributed by atoms with E-state index in [-0.39, 0.29) is 73.3 Å². The third kappa shape index (κ3) is 10.7.